The molecule has 2 unspecified atom stereocenters. The fourth-order valence-electron chi connectivity index (χ4n) is 1.20. The Hall–Kier alpha value is -1.20. The lowest BCUT2D eigenvalue weighted by Gasteiger charge is -2.06. The van der Waals surface area contributed by atoms with Crippen molar-refractivity contribution in [2.75, 3.05) is 5.75 Å². The Kier molecular flexibility index (Phi) is 4.64. The normalized spacial score (nSPS) is 14.4. The maximum absolute atomic E-state index is 11.6. The van der Waals surface area contributed by atoms with Gasteiger partial charge in [-0.1, -0.05) is 29.8 Å². The van der Waals surface area contributed by atoms with Crippen LogP contribution < -0.4 is 5.73 Å². The minimum atomic E-state index is -1.23. The van der Waals surface area contributed by atoms with Crippen LogP contribution >= 0.6 is 0 Å². The third-order valence-electron chi connectivity index (χ3n) is 2.13. The van der Waals surface area contributed by atoms with Gasteiger partial charge >= 0.3 is 5.97 Å². The fourth-order valence-corrected chi connectivity index (χ4v) is 2.43. The maximum Gasteiger partial charge on any atom is 0.321 e. The number of hydrogen-bond acceptors (Lipinski definition) is 3. The molecule has 16 heavy (non-hydrogen) atoms. The van der Waals surface area contributed by atoms with E-state index in [2.05, 4.69) is 0 Å². The second-order valence-electron chi connectivity index (χ2n) is 3.68. The average molecular weight is 241 g/mol. The largest absolute Gasteiger partial charge is 0.480 e. The number of benzene rings is 1. The first-order valence-electron chi connectivity index (χ1n) is 4.88. The van der Waals surface area contributed by atoms with E-state index in [1.807, 2.05) is 31.2 Å². The van der Waals surface area contributed by atoms with Crippen LogP contribution in [0.15, 0.2) is 24.3 Å². The molecule has 3 N–H and O–H groups in total. The molecule has 1 aromatic rings. The number of carbonyl (C=O) groups is 1. The van der Waals surface area contributed by atoms with Gasteiger partial charge in [-0.3, -0.25) is 9.00 Å². The van der Waals surface area contributed by atoms with Crippen LogP contribution in [0.3, 0.4) is 0 Å². The van der Waals surface area contributed by atoms with Gasteiger partial charge in [-0.05, 0) is 12.5 Å². The van der Waals surface area contributed by atoms with Gasteiger partial charge in [0.1, 0.15) is 6.04 Å². The molecule has 0 aromatic heterocycles. The van der Waals surface area contributed by atoms with E-state index < -0.39 is 22.8 Å². The molecular formula is C11H15NO3S. The molecule has 0 heterocycles. The molecule has 0 radical (unpaired) electrons. The summed E-state index contributed by atoms with van der Waals surface area (Å²) in [6, 6.07) is 6.60. The SMILES string of the molecule is Cc1ccc(CS(=O)CC(N)C(=O)O)cc1. The summed E-state index contributed by atoms with van der Waals surface area (Å²) in [5.74, 6) is -0.776. The van der Waals surface area contributed by atoms with Crippen molar-refractivity contribution in [1.82, 2.24) is 0 Å². The number of carboxylic acids is 1. The Balaban J connectivity index is 2.52. The number of nitrogens with two attached hydrogens (primary N) is 1. The summed E-state index contributed by atoms with van der Waals surface area (Å²) in [6.45, 7) is 1.97. The second-order valence-corrected chi connectivity index (χ2v) is 5.18. The van der Waals surface area contributed by atoms with Gasteiger partial charge in [0.25, 0.3) is 0 Å². The van der Waals surface area contributed by atoms with E-state index in [1.54, 1.807) is 0 Å². The Bertz CT molecular complexity index is 389. The molecule has 4 nitrogen and oxygen atoms in total. The van der Waals surface area contributed by atoms with E-state index in [4.69, 9.17) is 10.8 Å². The lowest BCUT2D eigenvalue weighted by molar-refractivity contribution is -0.137. The third kappa shape index (κ3) is 4.12. The van der Waals surface area contributed by atoms with Crippen molar-refractivity contribution in [3.05, 3.63) is 35.4 Å². The van der Waals surface area contributed by atoms with Crippen molar-refractivity contribution in [3.8, 4) is 0 Å². The number of rotatable bonds is 5. The van der Waals surface area contributed by atoms with Crippen LogP contribution in [0, 0.1) is 6.92 Å². The summed E-state index contributed by atoms with van der Waals surface area (Å²) in [7, 11) is -1.23. The standard InChI is InChI=1S/C11H15NO3S/c1-8-2-4-9(5-3-8)6-16(15)7-10(12)11(13)14/h2-5,10H,6-7,12H2,1H3,(H,13,14). The summed E-state index contributed by atoms with van der Waals surface area (Å²) >= 11 is 0. The zero-order valence-electron chi connectivity index (χ0n) is 9.05. The molecule has 1 rings (SSSR count). The molecule has 0 amide bonds. The molecule has 0 aliphatic heterocycles. The van der Waals surface area contributed by atoms with Crippen LogP contribution in [0.4, 0.5) is 0 Å². The summed E-state index contributed by atoms with van der Waals surface area (Å²) in [4.78, 5) is 10.5. The van der Waals surface area contributed by atoms with Crippen LogP contribution in [0.1, 0.15) is 11.1 Å². The molecule has 0 saturated heterocycles. The smallest absolute Gasteiger partial charge is 0.321 e. The summed E-state index contributed by atoms with van der Waals surface area (Å²) < 4.78 is 11.6. The highest BCUT2D eigenvalue weighted by atomic mass is 32.2. The van der Waals surface area contributed by atoms with Gasteiger partial charge in [-0.15, -0.1) is 0 Å². The van der Waals surface area contributed by atoms with Gasteiger partial charge in [-0.25, -0.2) is 0 Å². The van der Waals surface area contributed by atoms with Crippen LogP contribution in [-0.4, -0.2) is 27.1 Å². The monoisotopic (exact) mass is 241 g/mol. The molecule has 0 spiro atoms. The molecule has 0 fully saturated rings. The van der Waals surface area contributed by atoms with Crippen LogP contribution in [0.25, 0.3) is 0 Å². The summed E-state index contributed by atoms with van der Waals surface area (Å²) in [5, 5.41) is 8.57. The van der Waals surface area contributed by atoms with E-state index in [-0.39, 0.29) is 5.75 Å². The zero-order chi connectivity index (χ0) is 12.1. The zero-order valence-corrected chi connectivity index (χ0v) is 9.87. The van der Waals surface area contributed by atoms with Crippen molar-refractivity contribution >= 4 is 16.8 Å². The summed E-state index contributed by atoms with van der Waals surface area (Å²) in [5.41, 5.74) is 7.37. The van der Waals surface area contributed by atoms with Crippen LogP contribution in [0.5, 0.6) is 0 Å². The molecule has 0 saturated carbocycles. The number of carboxylic acid groups (broad SMARTS) is 1. The van der Waals surface area contributed by atoms with E-state index in [9.17, 15) is 9.00 Å². The first-order chi connectivity index (χ1) is 7.49. The lowest BCUT2D eigenvalue weighted by atomic mass is 10.2. The topological polar surface area (TPSA) is 80.4 Å². The average Bonchev–Trinajstić information content (AvgIpc) is 2.21. The fraction of sp³-hybridized carbons (Fsp3) is 0.364. The van der Waals surface area contributed by atoms with Crippen LogP contribution in [0.2, 0.25) is 0 Å². The quantitative estimate of drug-likeness (QED) is 0.793. The molecule has 2 atom stereocenters. The third-order valence-corrected chi connectivity index (χ3v) is 3.52. The molecule has 88 valence electrons. The predicted octanol–water partition coefficient (Wildman–Crippen LogP) is 0.656. The predicted molar refractivity (Wildman–Crippen MR) is 63.5 cm³/mol. The van der Waals surface area contributed by atoms with Gasteiger partial charge in [0.15, 0.2) is 0 Å². The number of hydrogen-bond donors (Lipinski definition) is 2. The maximum atomic E-state index is 11.6. The molecule has 0 aliphatic rings. The highest BCUT2D eigenvalue weighted by Gasteiger charge is 2.15. The van der Waals surface area contributed by atoms with E-state index in [0.29, 0.717) is 5.75 Å². The lowest BCUT2D eigenvalue weighted by Crippen LogP contribution is -2.35. The van der Waals surface area contributed by atoms with E-state index in [1.165, 1.54) is 0 Å². The van der Waals surface area contributed by atoms with Crippen LogP contribution in [-0.2, 0) is 21.3 Å². The molecule has 0 aliphatic carbocycles. The van der Waals surface area contributed by atoms with Gasteiger partial charge in [-0.2, -0.15) is 0 Å². The van der Waals surface area contributed by atoms with Crippen molar-refractivity contribution in [3.63, 3.8) is 0 Å². The Labute approximate surface area is 96.9 Å². The Morgan fingerprint density at radius 1 is 1.44 bits per heavy atom. The van der Waals surface area contributed by atoms with Gasteiger partial charge < -0.3 is 10.8 Å². The van der Waals surface area contributed by atoms with Crippen molar-refractivity contribution in [2.45, 2.75) is 18.7 Å². The molecular weight excluding hydrogens is 226 g/mol. The Morgan fingerprint density at radius 2 is 2.00 bits per heavy atom. The van der Waals surface area contributed by atoms with Gasteiger partial charge in [0.05, 0.1) is 0 Å². The minimum Gasteiger partial charge on any atom is -0.480 e. The van der Waals surface area contributed by atoms with Gasteiger partial charge in [0, 0.05) is 22.3 Å². The summed E-state index contributed by atoms with van der Waals surface area (Å²) in [6.07, 6.45) is 0. The molecule has 1 aromatic carbocycles. The Morgan fingerprint density at radius 3 is 2.50 bits per heavy atom. The number of aliphatic carboxylic acids is 1. The second kappa shape index (κ2) is 5.77. The first-order valence-corrected chi connectivity index (χ1v) is 6.36. The molecule has 5 heteroatoms. The van der Waals surface area contributed by atoms with Crippen molar-refractivity contribution < 1.29 is 14.1 Å². The van der Waals surface area contributed by atoms with Crippen molar-refractivity contribution in [2.24, 2.45) is 5.73 Å². The minimum absolute atomic E-state index is 0.0107. The highest BCUT2D eigenvalue weighted by molar-refractivity contribution is 7.84. The van der Waals surface area contributed by atoms with Crippen molar-refractivity contribution in [1.29, 1.82) is 0 Å². The van der Waals surface area contributed by atoms with E-state index >= 15 is 0 Å². The van der Waals surface area contributed by atoms with Gasteiger partial charge in [0.2, 0.25) is 0 Å². The molecule has 0 bridgehead atoms. The van der Waals surface area contributed by atoms with E-state index in [0.717, 1.165) is 11.1 Å². The number of aryl methyl sites for hydroxylation is 1. The first kappa shape index (κ1) is 12.9. The highest BCUT2D eigenvalue weighted by Crippen LogP contribution is 2.06.